The molecule has 0 aliphatic heterocycles. The second kappa shape index (κ2) is 4.45. The zero-order valence-electron chi connectivity index (χ0n) is 7.71. The minimum Gasteiger partial charge on any atom is -0.469 e. The summed E-state index contributed by atoms with van der Waals surface area (Å²) in [5, 5.41) is 0. The van der Waals surface area contributed by atoms with Gasteiger partial charge in [0.15, 0.2) is 0 Å². The van der Waals surface area contributed by atoms with Crippen molar-refractivity contribution in [3.8, 4) is 0 Å². The molecule has 3 heteroatoms. The van der Waals surface area contributed by atoms with E-state index in [1.807, 2.05) is 6.92 Å². The summed E-state index contributed by atoms with van der Waals surface area (Å²) in [5.41, 5.74) is 0. The Morgan fingerprint density at radius 2 is 2.25 bits per heavy atom. The number of hydrogen-bond acceptors (Lipinski definition) is 3. The molecule has 0 saturated heterocycles. The molecule has 3 nitrogen and oxygen atoms in total. The van der Waals surface area contributed by atoms with Crippen LogP contribution in [0.25, 0.3) is 0 Å². The largest absolute Gasteiger partial charge is 0.469 e. The van der Waals surface area contributed by atoms with Crippen molar-refractivity contribution in [2.45, 2.75) is 44.8 Å². The van der Waals surface area contributed by atoms with Gasteiger partial charge in [0.2, 0.25) is 0 Å². The monoisotopic (exact) mass is 172 g/mol. The predicted molar refractivity (Wildman–Crippen MR) is 44.8 cm³/mol. The van der Waals surface area contributed by atoms with Gasteiger partial charge in [-0.05, 0) is 26.2 Å². The molecule has 0 unspecified atom stereocenters. The van der Waals surface area contributed by atoms with Gasteiger partial charge in [-0.1, -0.05) is 0 Å². The van der Waals surface area contributed by atoms with Gasteiger partial charge in [0.1, 0.15) is 0 Å². The number of carbonyl (C=O) groups is 1. The van der Waals surface area contributed by atoms with Gasteiger partial charge in [-0.25, -0.2) is 0 Å². The van der Waals surface area contributed by atoms with Crippen LogP contribution in [-0.2, 0) is 14.3 Å². The average Bonchev–Trinajstić information content (AvgIpc) is 1.97. The Balaban J connectivity index is 2.10. The van der Waals surface area contributed by atoms with E-state index >= 15 is 0 Å². The van der Waals surface area contributed by atoms with Crippen molar-refractivity contribution in [1.82, 2.24) is 0 Å². The van der Waals surface area contributed by atoms with Crippen LogP contribution in [0.2, 0.25) is 0 Å². The summed E-state index contributed by atoms with van der Waals surface area (Å²) in [6.07, 6.45) is 4.31. The molecule has 0 spiro atoms. The Kier molecular flexibility index (Phi) is 3.53. The van der Waals surface area contributed by atoms with Crippen LogP contribution >= 0.6 is 0 Å². The maximum Gasteiger partial charge on any atom is 0.308 e. The summed E-state index contributed by atoms with van der Waals surface area (Å²) in [6.45, 7) is 1.91. The number of methoxy groups -OCH3 is 1. The van der Waals surface area contributed by atoms with Crippen molar-refractivity contribution in [3.05, 3.63) is 0 Å². The fourth-order valence-electron chi connectivity index (χ4n) is 1.20. The van der Waals surface area contributed by atoms with Crippen LogP contribution in [0.4, 0.5) is 0 Å². The fourth-order valence-corrected chi connectivity index (χ4v) is 1.20. The van der Waals surface area contributed by atoms with Crippen LogP contribution in [0.3, 0.4) is 0 Å². The summed E-state index contributed by atoms with van der Waals surface area (Å²) < 4.78 is 10.1. The molecule has 0 N–H and O–H groups in total. The van der Waals surface area contributed by atoms with E-state index in [0.29, 0.717) is 12.5 Å². The molecule has 1 aliphatic rings. The van der Waals surface area contributed by atoms with E-state index in [-0.39, 0.29) is 12.1 Å². The maximum absolute atomic E-state index is 10.8. The number of esters is 1. The third kappa shape index (κ3) is 2.81. The standard InChI is InChI=1S/C9H16O3/c1-7(6-9(10)11-2)12-8-4-3-5-8/h7-8H,3-6H2,1-2H3/t7-/m1/s1. The summed E-state index contributed by atoms with van der Waals surface area (Å²) in [5.74, 6) is -0.193. The highest BCUT2D eigenvalue weighted by Gasteiger charge is 2.21. The maximum atomic E-state index is 10.8. The van der Waals surface area contributed by atoms with Crippen LogP contribution in [0.15, 0.2) is 0 Å². The Bertz CT molecular complexity index is 152. The first-order valence-electron chi connectivity index (χ1n) is 4.44. The Morgan fingerprint density at radius 1 is 1.58 bits per heavy atom. The smallest absolute Gasteiger partial charge is 0.308 e. The van der Waals surface area contributed by atoms with Crippen LogP contribution in [0.5, 0.6) is 0 Å². The highest BCUT2D eigenvalue weighted by atomic mass is 16.5. The third-order valence-corrected chi connectivity index (χ3v) is 2.16. The lowest BCUT2D eigenvalue weighted by Crippen LogP contribution is -2.27. The van der Waals surface area contributed by atoms with E-state index in [1.165, 1.54) is 13.5 Å². The van der Waals surface area contributed by atoms with E-state index in [9.17, 15) is 4.79 Å². The third-order valence-electron chi connectivity index (χ3n) is 2.16. The zero-order chi connectivity index (χ0) is 8.97. The molecule has 1 saturated carbocycles. The van der Waals surface area contributed by atoms with Crippen LogP contribution in [-0.4, -0.2) is 25.3 Å². The molecule has 0 bridgehead atoms. The molecule has 1 fully saturated rings. The lowest BCUT2D eigenvalue weighted by Gasteiger charge is -2.28. The van der Waals surface area contributed by atoms with Crippen molar-refractivity contribution < 1.29 is 14.3 Å². The molecule has 1 aliphatic carbocycles. The molecule has 1 atom stereocenters. The van der Waals surface area contributed by atoms with Crippen LogP contribution in [0.1, 0.15) is 32.6 Å². The first-order chi connectivity index (χ1) is 5.72. The summed E-state index contributed by atoms with van der Waals surface area (Å²) >= 11 is 0. The van der Waals surface area contributed by atoms with Crippen molar-refractivity contribution in [2.24, 2.45) is 0 Å². The van der Waals surface area contributed by atoms with Gasteiger partial charge in [-0.3, -0.25) is 4.79 Å². The van der Waals surface area contributed by atoms with Gasteiger partial charge in [0, 0.05) is 0 Å². The molecule has 0 radical (unpaired) electrons. The molecule has 0 heterocycles. The minimum atomic E-state index is -0.193. The lowest BCUT2D eigenvalue weighted by molar-refractivity contribution is -0.145. The highest BCUT2D eigenvalue weighted by Crippen LogP contribution is 2.23. The second-order valence-electron chi connectivity index (χ2n) is 3.28. The molecule has 0 amide bonds. The number of carbonyl (C=O) groups excluding carboxylic acids is 1. The highest BCUT2D eigenvalue weighted by molar-refractivity contribution is 5.69. The minimum absolute atomic E-state index is 0.00255. The summed E-state index contributed by atoms with van der Waals surface area (Å²) in [7, 11) is 1.40. The van der Waals surface area contributed by atoms with Gasteiger partial charge in [-0.15, -0.1) is 0 Å². The fraction of sp³-hybridized carbons (Fsp3) is 0.889. The van der Waals surface area contributed by atoms with Crippen LogP contribution < -0.4 is 0 Å². The predicted octanol–water partition coefficient (Wildman–Crippen LogP) is 1.51. The normalized spacial score (nSPS) is 19.8. The molecule has 1 rings (SSSR count). The number of ether oxygens (including phenoxy) is 2. The van der Waals surface area contributed by atoms with Crippen molar-refractivity contribution in [1.29, 1.82) is 0 Å². The van der Waals surface area contributed by atoms with E-state index in [4.69, 9.17) is 4.74 Å². The summed E-state index contributed by atoms with van der Waals surface area (Å²) in [6, 6.07) is 0. The Morgan fingerprint density at radius 3 is 2.67 bits per heavy atom. The Hall–Kier alpha value is -0.570. The molecule has 70 valence electrons. The van der Waals surface area contributed by atoms with E-state index < -0.39 is 0 Å². The number of hydrogen-bond donors (Lipinski definition) is 0. The zero-order valence-corrected chi connectivity index (χ0v) is 7.71. The van der Waals surface area contributed by atoms with Crippen molar-refractivity contribution in [2.75, 3.05) is 7.11 Å². The molecular formula is C9H16O3. The molecule has 12 heavy (non-hydrogen) atoms. The van der Waals surface area contributed by atoms with E-state index in [0.717, 1.165) is 12.8 Å². The number of rotatable bonds is 4. The van der Waals surface area contributed by atoms with E-state index in [2.05, 4.69) is 4.74 Å². The van der Waals surface area contributed by atoms with Gasteiger partial charge in [0.25, 0.3) is 0 Å². The topological polar surface area (TPSA) is 35.5 Å². The van der Waals surface area contributed by atoms with Gasteiger partial charge in [0.05, 0.1) is 25.7 Å². The van der Waals surface area contributed by atoms with E-state index in [1.54, 1.807) is 0 Å². The quantitative estimate of drug-likeness (QED) is 0.603. The van der Waals surface area contributed by atoms with Crippen LogP contribution in [0, 0.1) is 0 Å². The van der Waals surface area contributed by atoms with Gasteiger partial charge < -0.3 is 9.47 Å². The first kappa shape index (κ1) is 9.52. The first-order valence-corrected chi connectivity index (χ1v) is 4.44. The summed E-state index contributed by atoms with van der Waals surface area (Å²) in [4.78, 5) is 10.8. The molecule has 0 aromatic rings. The molecular weight excluding hydrogens is 156 g/mol. The molecule has 0 aromatic heterocycles. The molecule has 0 aromatic carbocycles. The lowest BCUT2D eigenvalue weighted by atomic mass is 9.96. The van der Waals surface area contributed by atoms with Gasteiger partial charge >= 0.3 is 5.97 Å². The van der Waals surface area contributed by atoms with Gasteiger partial charge in [-0.2, -0.15) is 0 Å². The Labute approximate surface area is 73.0 Å². The SMILES string of the molecule is COC(=O)C[C@@H](C)OC1CCC1. The van der Waals surface area contributed by atoms with Crippen molar-refractivity contribution in [3.63, 3.8) is 0 Å². The average molecular weight is 172 g/mol. The van der Waals surface area contributed by atoms with Crippen molar-refractivity contribution >= 4 is 5.97 Å². The second-order valence-corrected chi connectivity index (χ2v) is 3.28.